The Bertz CT molecular complexity index is 827. The number of carbonyl (C=O) groups is 1. The number of carbonyl (C=O) groups excluding carboxylic acids is 1. The molecule has 7 heteroatoms. The molecular weight excluding hydrogens is 314 g/mol. The first kappa shape index (κ1) is 15.9. The highest BCUT2D eigenvalue weighted by atomic mass is 32.2. The van der Waals surface area contributed by atoms with Crippen molar-refractivity contribution in [1.82, 2.24) is 9.21 Å². The zero-order valence-electron chi connectivity index (χ0n) is 12.7. The summed E-state index contributed by atoms with van der Waals surface area (Å²) in [5.74, 6) is -0.393. The van der Waals surface area contributed by atoms with E-state index >= 15 is 0 Å². The Kier molecular flexibility index (Phi) is 4.34. The van der Waals surface area contributed by atoms with Crippen molar-refractivity contribution in [3.05, 3.63) is 42.5 Å². The number of primary amides is 1. The fourth-order valence-corrected chi connectivity index (χ4v) is 4.28. The molecule has 2 aromatic carbocycles. The molecule has 122 valence electrons. The standard InChI is InChI=1S/C16H19N3O3S/c17-16(20)12-18-7-9-19(10-8-18)23(21,22)15-6-5-13-3-1-2-4-14(13)11-15/h1-6,11H,7-10,12H2,(H2,17,20). The average Bonchev–Trinajstić information content (AvgIpc) is 2.54. The molecule has 0 bridgehead atoms. The molecule has 3 rings (SSSR count). The molecule has 2 N–H and O–H groups in total. The predicted octanol–water partition coefficient (Wildman–Crippen LogP) is 0.631. The van der Waals surface area contributed by atoms with Crippen LogP contribution in [0, 0.1) is 0 Å². The maximum atomic E-state index is 12.8. The molecule has 0 aromatic heterocycles. The molecule has 0 atom stereocenters. The summed E-state index contributed by atoms with van der Waals surface area (Å²) in [6, 6.07) is 12.8. The van der Waals surface area contributed by atoms with Crippen molar-refractivity contribution >= 4 is 26.7 Å². The Hall–Kier alpha value is -1.96. The van der Waals surface area contributed by atoms with Gasteiger partial charge in [-0.15, -0.1) is 0 Å². The number of rotatable bonds is 4. The summed E-state index contributed by atoms with van der Waals surface area (Å²) < 4.78 is 27.0. The fraction of sp³-hybridized carbons (Fsp3) is 0.312. The highest BCUT2D eigenvalue weighted by Gasteiger charge is 2.28. The van der Waals surface area contributed by atoms with E-state index in [9.17, 15) is 13.2 Å². The van der Waals surface area contributed by atoms with E-state index in [1.165, 1.54) is 4.31 Å². The quantitative estimate of drug-likeness (QED) is 0.889. The average molecular weight is 333 g/mol. The summed E-state index contributed by atoms with van der Waals surface area (Å²) in [4.78, 5) is 13.1. The largest absolute Gasteiger partial charge is 0.369 e. The lowest BCUT2D eigenvalue weighted by atomic mass is 10.1. The van der Waals surface area contributed by atoms with Crippen LogP contribution in [0.4, 0.5) is 0 Å². The third kappa shape index (κ3) is 3.36. The number of fused-ring (bicyclic) bond motifs is 1. The van der Waals surface area contributed by atoms with Crippen LogP contribution in [0.1, 0.15) is 0 Å². The first-order valence-corrected chi connectivity index (χ1v) is 8.90. The van der Waals surface area contributed by atoms with Crippen LogP contribution in [0.25, 0.3) is 10.8 Å². The molecule has 1 amide bonds. The summed E-state index contributed by atoms with van der Waals surface area (Å²) in [5.41, 5.74) is 5.18. The molecule has 0 radical (unpaired) electrons. The van der Waals surface area contributed by atoms with Crippen LogP contribution in [0.15, 0.2) is 47.4 Å². The minimum atomic E-state index is -3.51. The number of nitrogens with zero attached hydrogens (tertiary/aromatic N) is 2. The van der Waals surface area contributed by atoms with E-state index in [1.807, 2.05) is 35.2 Å². The fourth-order valence-electron chi connectivity index (χ4n) is 2.83. The Morgan fingerprint density at radius 3 is 2.30 bits per heavy atom. The maximum absolute atomic E-state index is 12.8. The molecule has 1 aliphatic rings. The van der Waals surface area contributed by atoms with E-state index in [0.717, 1.165) is 10.8 Å². The number of sulfonamides is 1. The summed E-state index contributed by atoms with van der Waals surface area (Å²) in [5, 5.41) is 1.92. The number of hydrogen-bond donors (Lipinski definition) is 1. The zero-order valence-corrected chi connectivity index (χ0v) is 13.5. The molecule has 1 fully saturated rings. The molecule has 0 spiro atoms. The minimum absolute atomic E-state index is 0.170. The summed E-state index contributed by atoms with van der Waals surface area (Å²) in [6.07, 6.45) is 0. The molecular formula is C16H19N3O3S. The van der Waals surface area contributed by atoms with Crippen LogP contribution in [-0.2, 0) is 14.8 Å². The summed E-state index contributed by atoms with van der Waals surface area (Å²) in [6.45, 7) is 1.92. The van der Waals surface area contributed by atoms with Crippen LogP contribution in [-0.4, -0.2) is 56.3 Å². The van der Waals surface area contributed by atoms with Crippen molar-refractivity contribution in [3.8, 4) is 0 Å². The van der Waals surface area contributed by atoms with Crippen molar-refractivity contribution in [1.29, 1.82) is 0 Å². The van der Waals surface area contributed by atoms with Gasteiger partial charge in [0.15, 0.2) is 0 Å². The molecule has 1 saturated heterocycles. The number of piperazine rings is 1. The molecule has 0 unspecified atom stereocenters. The van der Waals surface area contributed by atoms with Gasteiger partial charge < -0.3 is 5.73 Å². The Morgan fingerprint density at radius 1 is 1.00 bits per heavy atom. The normalized spacial score (nSPS) is 17.4. The van der Waals surface area contributed by atoms with Crippen LogP contribution < -0.4 is 5.73 Å². The van der Waals surface area contributed by atoms with Gasteiger partial charge in [0.1, 0.15) is 0 Å². The Balaban J connectivity index is 1.79. The van der Waals surface area contributed by atoms with E-state index < -0.39 is 15.9 Å². The molecule has 23 heavy (non-hydrogen) atoms. The summed E-state index contributed by atoms with van der Waals surface area (Å²) >= 11 is 0. The van der Waals surface area contributed by atoms with Gasteiger partial charge in [0.05, 0.1) is 11.4 Å². The predicted molar refractivity (Wildman–Crippen MR) is 88.3 cm³/mol. The van der Waals surface area contributed by atoms with Gasteiger partial charge in [-0.3, -0.25) is 9.69 Å². The second-order valence-electron chi connectivity index (χ2n) is 5.66. The highest BCUT2D eigenvalue weighted by molar-refractivity contribution is 7.89. The van der Waals surface area contributed by atoms with Gasteiger partial charge in [-0.05, 0) is 22.9 Å². The molecule has 2 aromatic rings. The minimum Gasteiger partial charge on any atom is -0.369 e. The van der Waals surface area contributed by atoms with Gasteiger partial charge >= 0.3 is 0 Å². The van der Waals surface area contributed by atoms with Gasteiger partial charge in [-0.2, -0.15) is 4.31 Å². The van der Waals surface area contributed by atoms with Crippen LogP contribution in [0.5, 0.6) is 0 Å². The number of benzene rings is 2. The number of amides is 1. The van der Waals surface area contributed by atoms with E-state index in [0.29, 0.717) is 31.1 Å². The smallest absolute Gasteiger partial charge is 0.243 e. The molecule has 6 nitrogen and oxygen atoms in total. The first-order valence-electron chi connectivity index (χ1n) is 7.46. The van der Waals surface area contributed by atoms with Crippen molar-refractivity contribution in [3.63, 3.8) is 0 Å². The molecule has 1 aliphatic heterocycles. The highest BCUT2D eigenvalue weighted by Crippen LogP contribution is 2.22. The molecule has 1 heterocycles. The van der Waals surface area contributed by atoms with Gasteiger partial charge in [0.2, 0.25) is 15.9 Å². The Labute approximate surface area is 135 Å². The van der Waals surface area contributed by atoms with Crippen molar-refractivity contribution in [2.45, 2.75) is 4.90 Å². The lowest BCUT2D eigenvalue weighted by molar-refractivity contribution is -0.119. The second kappa shape index (κ2) is 6.27. The van der Waals surface area contributed by atoms with Crippen molar-refractivity contribution < 1.29 is 13.2 Å². The summed E-state index contributed by atoms with van der Waals surface area (Å²) in [7, 11) is -3.51. The lowest BCUT2D eigenvalue weighted by Crippen LogP contribution is -2.50. The van der Waals surface area contributed by atoms with E-state index in [2.05, 4.69) is 0 Å². The molecule has 0 aliphatic carbocycles. The van der Waals surface area contributed by atoms with E-state index in [4.69, 9.17) is 5.73 Å². The second-order valence-corrected chi connectivity index (χ2v) is 7.59. The third-order valence-corrected chi connectivity index (χ3v) is 5.96. The first-order chi connectivity index (χ1) is 11.0. The topological polar surface area (TPSA) is 83.7 Å². The third-order valence-electron chi connectivity index (χ3n) is 4.07. The number of nitrogens with two attached hydrogens (primary N) is 1. The van der Waals surface area contributed by atoms with Crippen molar-refractivity contribution in [2.75, 3.05) is 32.7 Å². The van der Waals surface area contributed by atoms with Gasteiger partial charge in [-0.25, -0.2) is 8.42 Å². The maximum Gasteiger partial charge on any atom is 0.243 e. The Morgan fingerprint density at radius 2 is 1.65 bits per heavy atom. The van der Waals surface area contributed by atoms with Gasteiger partial charge in [0, 0.05) is 26.2 Å². The van der Waals surface area contributed by atoms with Crippen LogP contribution in [0.3, 0.4) is 0 Å². The van der Waals surface area contributed by atoms with Crippen LogP contribution in [0.2, 0.25) is 0 Å². The van der Waals surface area contributed by atoms with Gasteiger partial charge in [0.25, 0.3) is 0 Å². The van der Waals surface area contributed by atoms with E-state index in [1.54, 1.807) is 12.1 Å². The zero-order chi connectivity index (χ0) is 16.4. The van der Waals surface area contributed by atoms with E-state index in [-0.39, 0.29) is 6.54 Å². The SMILES string of the molecule is NC(=O)CN1CCN(S(=O)(=O)c2ccc3ccccc3c2)CC1. The lowest BCUT2D eigenvalue weighted by Gasteiger charge is -2.33. The van der Waals surface area contributed by atoms with Gasteiger partial charge in [-0.1, -0.05) is 30.3 Å². The number of hydrogen-bond acceptors (Lipinski definition) is 4. The molecule has 0 saturated carbocycles. The van der Waals surface area contributed by atoms with Crippen LogP contribution >= 0.6 is 0 Å². The monoisotopic (exact) mass is 333 g/mol. The van der Waals surface area contributed by atoms with Crippen molar-refractivity contribution in [2.24, 2.45) is 5.73 Å².